The Morgan fingerprint density at radius 2 is 1.73 bits per heavy atom. The summed E-state index contributed by atoms with van der Waals surface area (Å²) in [6.45, 7) is 1.90. The molecular formula is C24H27N3O4S2. The van der Waals surface area contributed by atoms with Crippen LogP contribution in [0.1, 0.15) is 44.1 Å². The second kappa shape index (κ2) is 10.1. The van der Waals surface area contributed by atoms with Crippen molar-refractivity contribution < 1.29 is 18.0 Å². The minimum Gasteiger partial charge on any atom is -0.326 e. The zero-order valence-corrected chi connectivity index (χ0v) is 20.1. The van der Waals surface area contributed by atoms with E-state index >= 15 is 0 Å². The van der Waals surface area contributed by atoms with Gasteiger partial charge in [0.05, 0.1) is 4.90 Å². The molecule has 2 amide bonds. The number of anilines is 1. The molecule has 2 aromatic carbocycles. The minimum atomic E-state index is -3.97. The number of amidine groups is 1. The predicted molar refractivity (Wildman–Crippen MR) is 131 cm³/mol. The second-order valence-electron chi connectivity index (χ2n) is 8.34. The number of nitrogens with one attached hydrogen (secondary N) is 1. The second-order valence-corrected chi connectivity index (χ2v) is 11.1. The summed E-state index contributed by atoms with van der Waals surface area (Å²) in [4.78, 5) is 27.7. The highest BCUT2D eigenvalue weighted by Crippen LogP contribution is 2.36. The lowest BCUT2D eigenvalue weighted by Gasteiger charge is -2.30. The number of aryl methyl sites for hydroxylation is 1. The van der Waals surface area contributed by atoms with Crippen LogP contribution in [-0.2, 0) is 19.6 Å². The van der Waals surface area contributed by atoms with Crippen molar-refractivity contribution in [2.45, 2.75) is 61.6 Å². The summed E-state index contributed by atoms with van der Waals surface area (Å²) in [5.74, 6) is -0.528. The smallest absolute Gasteiger partial charge is 0.284 e. The highest BCUT2D eigenvalue weighted by molar-refractivity contribution is 8.16. The molecule has 0 radical (unpaired) electrons. The van der Waals surface area contributed by atoms with Gasteiger partial charge in [-0.1, -0.05) is 67.4 Å². The Morgan fingerprint density at radius 3 is 2.42 bits per heavy atom. The van der Waals surface area contributed by atoms with Crippen LogP contribution in [0.15, 0.2) is 63.9 Å². The van der Waals surface area contributed by atoms with E-state index in [-0.39, 0.29) is 34.3 Å². The maximum Gasteiger partial charge on any atom is 0.284 e. The van der Waals surface area contributed by atoms with Crippen LogP contribution in [-0.4, -0.2) is 41.6 Å². The summed E-state index contributed by atoms with van der Waals surface area (Å²) in [6.07, 6.45) is 4.62. The number of nitrogens with zero attached hydrogens (tertiary/aromatic N) is 2. The van der Waals surface area contributed by atoms with Crippen molar-refractivity contribution in [3.8, 4) is 0 Å². The molecule has 1 atom stereocenters. The average Bonchev–Trinajstić information content (AvgIpc) is 3.10. The molecule has 2 aliphatic rings. The molecule has 1 N–H and O–H groups in total. The van der Waals surface area contributed by atoms with Gasteiger partial charge in [-0.25, -0.2) is 0 Å². The Balaban J connectivity index is 1.58. The molecule has 1 saturated heterocycles. The number of carbonyl (C=O) groups is 2. The number of rotatable bonds is 6. The van der Waals surface area contributed by atoms with Crippen molar-refractivity contribution >= 4 is 44.5 Å². The summed E-state index contributed by atoms with van der Waals surface area (Å²) in [7, 11) is -3.97. The lowest BCUT2D eigenvalue weighted by Crippen LogP contribution is -2.42. The van der Waals surface area contributed by atoms with Crippen LogP contribution in [0, 0.1) is 6.92 Å². The Kier molecular flexibility index (Phi) is 7.19. The predicted octanol–water partition coefficient (Wildman–Crippen LogP) is 4.35. The lowest BCUT2D eigenvalue weighted by molar-refractivity contribution is -0.130. The van der Waals surface area contributed by atoms with Crippen molar-refractivity contribution in [1.29, 1.82) is 0 Å². The summed E-state index contributed by atoms with van der Waals surface area (Å²) in [5.41, 5.74) is 1.62. The number of carbonyl (C=O) groups excluding carboxylic acids is 2. The van der Waals surface area contributed by atoms with Gasteiger partial charge in [-0.2, -0.15) is 8.42 Å². The number of benzene rings is 2. The molecule has 1 unspecified atom stereocenters. The Hall–Kier alpha value is -2.65. The topological polar surface area (TPSA) is 95.9 Å². The van der Waals surface area contributed by atoms with Gasteiger partial charge < -0.3 is 5.32 Å². The van der Waals surface area contributed by atoms with E-state index < -0.39 is 15.3 Å². The monoisotopic (exact) mass is 485 g/mol. The van der Waals surface area contributed by atoms with E-state index in [2.05, 4.69) is 9.71 Å². The van der Waals surface area contributed by atoms with Crippen LogP contribution in [0.4, 0.5) is 5.69 Å². The third kappa shape index (κ3) is 5.47. The average molecular weight is 486 g/mol. The maximum absolute atomic E-state index is 13.3. The first kappa shape index (κ1) is 23.5. The molecule has 1 heterocycles. The molecule has 1 aliphatic heterocycles. The van der Waals surface area contributed by atoms with Gasteiger partial charge in [-0.15, -0.1) is 4.40 Å². The lowest BCUT2D eigenvalue weighted by atomic mass is 9.94. The van der Waals surface area contributed by atoms with Crippen LogP contribution in [0.5, 0.6) is 0 Å². The van der Waals surface area contributed by atoms with Gasteiger partial charge in [-0.3, -0.25) is 14.5 Å². The van der Waals surface area contributed by atoms with Gasteiger partial charge in [0.1, 0.15) is 5.25 Å². The minimum absolute atomic E-state index is 0.0501. The first-order valence-corrected chi connectivity index (χ1v) is 13.4. The van der Waals surface area contributed by atoms with Gasteiger partial charge in [0, 0.05) is 18.2 Å². The third-order valence-corrected chi connectivity index (χ3v) is 8.48. The molecule has 2 aromatic rings. The molecule has 4 rings (SSSR count). The maximum atomic E-state index is 13.3. The van der Waals surface area contributed by atoms with E-state index in [4.69, 9.17) is 0 Å². The molecule has 174 valence electrons. The standard InChI is InChI=1S/C24H27N3O4S2/c1-17-10-8-9-15-20(17)25-22(28)16-21-23(29)27(18-11-4-2-5-12-18)24(32-21)26-33(30,31)19-13-6-3-7-14-19/h3,6-10,13-15,18,21H,2,4-5,11-12,16H2,1H3,(H,25,28). The summed E-state index contributed by atoms with van der Waals surface area (Å²) >= 11 is 1.07. The molecule has 1 saturated carbocycles. The van der Waals surface area contributed by atoms with Gasteiger partial charge in [0.2, 0.25) is 11.8 Å². The zero-order valence-electron chi connectivity index (χ0n) is 18.4. The van der Waals surface area contributed by atoms with Gasteiger partial charge in [-0.05, 0) is 43.5 Å². The fourth-order valence-corrected chi connectivity index (χ4v) is 6.61. The number of hydrogen-bond donors (Lipinski definition) is 1. The number of thioether (sulfide) groups is 1. The van der Waals surface area contributed by atoms with Gasteiger partial charge in [0.15, 0.2) is 5.17 Å². The van der Waals surface area contributed by atoms with Crippen LogP contribution < -0.4 is 5.32 Å². The SMILES string of the molecule is Cc1ccccc1NC(=O)CC1SC(=NS(=O)(=O)c2ccccc2)N(C2CCCCC2)C1=O. The summed E-state index contributed by atoms with van der Waals surface area (Å²) in [5, 5.41) is 2.32. The third-order valence-electron chi connectivity index (χ3n) is 5.94. The first-order valence-electron chi connectivity index (χ1n) is 11.1. The number of para-hydroxylation sites is 1. The van der Waals surface area contributed by atoms with Crippen LogP contribution in [0.2, 0.25) is 0 Å². The molecule has 9 heteroatoms. The van der Waals surface area contributed by atoms with Crippen molar-refractivity contribution in [1.82, 2.24) is 4.90 Å². The van der Waals surface area contributed by atoms with E-state index in [1.54, 1.807) is 18.2 Å². The molecule has 0 spiro atoms. The molecule has 7 nitrogen and oxygen atoms in total. The van der Waals surface area contributed by atoms with E-state index in [1.807, 2.05) is 31.2 Å². The Bertz CT molecular complexity index is 1160. The summed E-state index contributed by atoms with van der Waals surface area (Å²) < 4.78 is 29.9. The molecule has 1 aliphatic carbocycles. The van der Waals surface area contributed by atoms with Crippen molar-refractivity contribution in [2.24, 2.45) is 4.40 Å². The Morgan fingerprint density at radius 1 is 1.06 bits per heavy atom. The van der Waals surface area contributed by atoms with Gasteiger partial charge in [0.25, 0.3) is 10.0 Å². The van der Waals surface area contributed by atoms with Gasteiger partial charge >= 0.3 is 0 Å². The number of hydrogen-bond acceptors (Lipinski definition) is 5. The van der Waals surface area contributed by atoms with Crippen molar-refractivity contribution in [3.05, 3.63) is 60.2 Å². The zero-order chi connectivity index (χ0) is 23.4. The highest BCUT2D eigenvalue weighted by atomic mass is 32.2. The van der Waals surface area contributed by atoms with Crippen LogP contribution in [0.25, 0.3) is 0 Å². The molecule has 2 fully saturated rings. The normalized spacial score (nSPS) is 20.9. The van der Waals surface area contributed by atoms with E-state index in [0.29, 0.717) is 5.69 Å². The van der Waals surface area contributed by atoms with Crippen LogP contribution >= 0.6 is 11.8 Å². The largest absolute Gasteiger partial charge is 0.326 e. The number of amides is 2. The molecule has 0 bridgehead atoms. The van der Waals surface area contributed by atoms with E-state index in [0.717, 1.165) is 49.4 Å². The number of sulfonamides is 1. The van der Waals surface area contributed by atoms with Crippen LogP contribution in [0.3, 0.4) is 0 Å². The van der Waals surface area contributed by atoms with E-state index in [9.17, 15) is 18.0 Å². The molecular weight excluding hydrogens is 458 g/mol. The fourth-order valence-electron chi connectivity index (χ4n) is 4.18. The fraction of sp³-hybridized carbons (Fsp3) is 0.375. The first-order chi connectivity index (χ1) is 15.8. The Labute approximate surface area is 198 Å². The van der Waals surface area contributed by atoms with Crippen molar-refractivity contribution in [3.63, 3.8) is 0 Å². The molecule has 0 aromatic heterocycles. The van der Waals surface area contributed by atoms with E-state index in [1.165, 1.54) is 17.0 Å². The molecule has 33 heavy (non-hydrogen) atoms. The highest BCUT2D eigenvalue weighted by Gasteiger charge is 2.43. The van der Waals surface area contributed by atoms with Crippen molar-refractivity contribution in [2.75, 3.05) is 5.32 Å². The summed E-state index contributed by atoms with van der Waals surface area (Å²) in [6, 6.07) is 15.3. The quantitative estimate of drug-likeness (QED) is 0.656.